The van der Waals surface area contributed by atoms with Gasteiger partial charge in [0.2, 0.25) is 0 Å². The van der Waals surface area contributed by atoms with Crippen molar-refractivity contribution in [2.24, 2.45) is 5.92 Å². The fraction of sp³-hybridized carbons (Fsp3) is 0.333. The van der Waals surface area contributed by atoms with Crippen LogP contribution in [0.3, 0.4) is 0 Å². The first kappa shape index (κ1) is 15.9. The van der Waals surface area contributed by atoms with Crippen molar-refractivity contribution in [2.75, 3.05) is 17.2 Å². The molecule has 1 heterocycles. The summed E-state index contributed by atoms with van der Waals surface area (Å²) in [6.45, 7) is 5.27. The molecule has 2 N–H and O–H groups in total. The smallest absolute Gasteiger partial charge is 0.135 e. The van der Waals surface area contributed by atoms with Crippen molar-refractivity contribution < 1.29 is 0 Å². The summed E-state index contributed by atoms with van der Waals surface area (Å²) in [4.78, 5) is 8.39. The highest BCUT2D eigenvalue weighted by molar-refractivity contribution is 6.36. The van der Waals surface area contributed by atoms with Gasteiger partial charge in [-0.2, -0.15) is 0 Å². The fourth-order valence-electron chi connectivity index (χ4n) is 1.74. The molecule has 0 aliphatic heterocycles. The Hall–Kier alpha value is -1.52. The van der Waals surface area contributed by atoms with Gasteiger partial charge in [-0.3, -0.25) is 0 Å². The molecular formula is C15H18Cl2N4. The van der Waals surface area contributed by atoms with E-state index in [2.05, 4.69) is 34.4 Å². The SMILES string of the molecule is CC(C)CCNc1cc(Nc2ccc(Cl)cc2Cl)ncn1. The lowest BCUT2D eigenvalue weighted by Gasteiger charge is -2.10. The van der Waals surface area contributed by atoms with E-state index >= 15 is 0 Å². The molecule has 0 aliphatic carbocycles. The molecule has 0 unspecified atom stereocenters. The highest BCUT2D eigenvalue weighted by atomic mass is 35.5. The number of anilines is 3. The molecule has 2 rings (SSSR count). The predicted octanol–water partition coefficient (Wildman–Crippen LogP) is 4.99. The van der Waals surface area contributed by atoms with Crippen LogP contribution in [0.1, 0.15) is 20.3 Å². The molecule has 0 saturated heterocycles. The standard InChI is InChI=1S/C15H18Cl2N4/c1-10(2)5-6-18-14-8-15(20-9-19-14)21-13-4-3-11(16)7-12(13)17/h3-4,7-10H,5-6H2,1-2H3,(H2,18,19,20,21). The molecule has 0 saturated carbocycles. The largest absolute Gasteiger partial charge is 0.370 e. The Morgan fingerprint density at radius 1 is 1.10 bits per heavy atom. The van der Waals surface area contributed by atoms with Crippen LogP contribution >= 0.6 is 23.2 Å². The third-order valence-corrected chi connectivity index (χ3v) is 3.44. The van der Waals surface area contributed by atoms with E-state index in [1.807, 2.05) is 12.1 Å². The minimum Gasteiger partial charge on any atom is -0.370 e. The molecule has 0 fully saturated rings. The summed E-state index contributed by atoms with van der Waals surface area (Å²) in [5, 5.41) is 7.59. The van der Waals surface area contributed by atoms with Crippen molar-refractivity contribution in [1.29, 1.82) is 0 Å². The second kappa shape index (κ2) is 7.48. The topological polar surface area (TPSA) is 49.8 Å². The van der Waals surface area contributed by atoms with Crippen LogP contribution in [-0.4, -0.2) is 16.5 Å². The molecule has 112 valence electrons. The van der Waals surface area contributed by atoms with Crippen molar-refractivity contribution in [3.8, 4) is 0 Å². The molecule has 0 spiro atoms. The maximum absolute atomic E-state index is 6.13. The van der Waals surface area contributed by atoms with Gasteiger partial charge in [0, 0.05) is 17.6 Å². The number of hydrogen-bond donors (Lipinski definition) is 2. The Labute approximate surface area is 134 Å². The van der Waals surface area contributed by atoms with Crippen molar-refractivity contribution in [3.05, 3.63) is 40.6 Å². The van der Waals surface area contributed by atoms with Gasteiger partial charge in [-0.05, 0) is 30.5 Å². The molecular weight excluding hydrogens is 307 g/mol. The summed E-state index contributed by atoms with van der Waals surface area (Å²) in [7, 11) is 0. The molecule has 0 atom stereocenters. The van der Waals surface area contributed by atoms with E-state index in [0.29, 0.717) is 21.8 Å². The quantitative estimate of drug-likeness (QED) is 0.786. The molecule has 4 nitrogen and oxygen atoms in total. The van der Waals surface area contributed by atoms with Gasteiger partial charge in [0.1, 0.15) is 18.0 Å². The molecule has 0 aliphatic rings. The van der Waals surface area contributed by atoms with Crippen LogP contribution in [0.25, 0.3) is 0 Å². The van der Waals surface area contributed by atoms with E-state index in [1.165, 1.54) is 6.33 Å². The number of nitrogens with zero attached hydrogens (tertiary/aromatic N) is 2. The monoisotopic (exact) mass is 324 g/mol. The number of halogens is 2. The van der Waals surface area contributed by atoms with Crippen LogP contribution < -0.4 is 10.6 Å². The summed E-state index contributed by atoms with van der Waals surface area (Å²) in [6, 6.07) is 7.14. The zero-order valence-electron chi connectivity index (χ0n) is 12.0. The lowest BCUT2D eigenvalue weighted by molar-refractivity contribution is 0.606. The van der Waals surface area contributed by atoms with Crippen LogP contribution in [0, 0.1) is 5.92 Å². The lowest BCUT2D eigenvalue weighted by atomic mass is 10.1. The molecule has 0 bridgehead atoms. The van der Waals surface area contributed by atoms with Crippen molar-refractivity contribution >= 4 is 40.5 Å². The molecule has 21 heavy (non-hydrogen) atoms. The van der Waals surface area contributed by atoms with Gasteiger partial charge in [0.05, 0.1) is 10.7 Å². The first-order chi connectivity index (χ1) is 10.0. The summed E-state index contributed by atoms with van der Waals surface area (Å²) in [5.41, 5.74) is 0.757. The van der Waals surface area contributed by atoms with Gasteiger partial charge in [-0.15, -0.1) is 0 Å². The van der Waals surface area contributed by atoms with E-state index in [1.54, 1.807) is 12.1 Å². The Kier molecular flexibility index (Phi) is 5.65. The maximum atomic E-state index is 6.13. The van der Waals surface area contributed by atoms with E-state index < -0.39 is 0 Å². The molecule has 2 aromatic rings. The highest BCUT2D eigenvalue weighted by Crippen LogP contribution is 2.27. The number of hydrogen-bond acceptors (Lipinski definition) is 4. The van der Waals surface area contributed by atoms with Crippen LogP contribution in [0.15, 0.2) is 30.6 Å². The molecule has 1 aromatic carbocycles. The molecule has 0 amide bonds. The van der Waals surface area contributed by atoms with Gasteiger partial charge in [-0.1, -0.05) is 37.0 Å². The zero-order chi connectivity index (χ0) is 15.2. The fourth-order valence-corrected chi connectivity index (χ4v) is 2.20. The number of rotatable bonds is 6. The Balaban J connectivity index is 2.03. The van der Waals surface area contributed by atoms with E-state index in [0.717, 1.165) is 24.5 Å². The van der Waals surface area contributed by atoms with Crippen LogP contribution in [0.5, 0.6) is 0 Å². The average Bonchev–Trinajstić information content (AvgIpc) is 2.42. The summed E-state index contributed by atoms with van der Waals surface area (Å²) < 4.78 is 0. The van der Waals surface area contributed by atoms with Gasteiger partial charge >= 0.3 is 0 Å². The van der Waals surface area contributed by atoms with Crippen LogP contribution in [-0.2, 0) is 0 Å². The third kappa shape index (κ3) is 5.06. The minimum absolute atomic E-state index is 0.551. The van der Waals surface area contributed by atoms with Crippen LogP contribution in [0.2, 0.25) is 10.0 Å². The molecule has 0 radical (unpaired) electrons. The van der Waals surface area contributed by atoms with Gasteiger partial charge in [-0.25, -0.2) is 9.97 Å². The van der Waals surface area contributed by atoms with Crippen molar-refractivity contribution in [2.45, 2.75) is 20.3 Å². The normalized spacial score (nSPS) is 10.7. The summed E-state index contributed by atoms with van der Waals surface area (Å²) in [5.74, 6) is 2.13. The highest BCUT2D eigenvalue weighted by Gasteiger charge is 2.04. The summed E-state index contributed by atoms with van der Waals surface area (Å²) in [6.07, 6.45) is 2.61. The molecule has 1 aromatic heterocycles. The third-order valence-electron chi connectivity index (χ3n) is 2.89. The van der Waals surface area contributed by atoms with Gasteiger partial charge < -0.3 is 10.6 Å². The Bertz CT molecular complexity index is 602. The maximum Gasteiger partial charge on any atom is 0.135 e. The molecule has 6 heteroatoms. The minimum atomic E-state index is 0.551. The van der Waals surface area contributed by atoms with Gasteiger partial charge in [0.15, 0.2) is 0 Å². The van der Waals surface area contributed by atoms with Gasteiger partial charge in [0.25, 0.3) is 0 Å². The first-order valence-corrected chi connectivity index (χ1v) is 7.58. The zero-order valence-corrected chi connectivity index (χ0v) is 13.5. The first-order valence-electron chi connectivity index (χ1n) is 6.82. The van der Waals surface area contributed by atoms with Crippen LogP contribution in [0.4, 0.5) is 17.3 Å². The second-order valence-corrected chi connectivity index (χ2v) is 5.99. The second-order valence-electron chi connectivity index (χ2n) is 5.15. The number of aromatic nitrogens is 2. The number of benzene rings is 1. The van der Waals surface area contributed by atoms with E-state index in [9.17, 15) is 0 Å². The predicted molar refractivity (Wildman–Crippen MR) is 89.7 cm³/mol. The van der Waals surface area contributed by atoms with Crippen molar-refractivity contribution in [1.82, 2.24) is 9.97 Å². The van der Waals surface area contributed by atoms with E-state index in [4.69, 9.17) is 23.2 Å². The Morgan fingerprint density at radius 2 is 1.86 bits per heavy atom. The summed E-state index contributed by atoms with van der Waals surface area (Å²) >= 11 is 12.0. The average molecular weight is 325 g/mol. The lowest BCUT2D eigenvalue weighted by Crippen LogP contribution is -2.07. The van der Waals surface area contributed by atoms with Crippen molar-refractivity contribution in [3.63, 3.8) is 0 Å². The number of nitrogens with one attached hydrogen (secondary N) is 2. The Morgan fingerprint density at radius 3 is 2.57 bits per heavy atom. The van der Waals surface area contributed by atoms with E-state index in [-0.39, 0.29) is 0 Å².